The molecule has 0 saturated carbocycles. The molecule has 0 saturated heterocycles. The second kappa shape index (κ2) is 6.26. The fraction of sp³-hybridized carbons (Fsp3) is 0.250. The molecule has 0 spiro atoms. The molecule has 2 aromatic rings. The van der Waals surface area contributed by atoms with Crippen molar-refractivity contribution in [3.05, 3.63) is 47.8 Å². The zero-order valence-corrected chi connectivity index (χ0v) is 12.3. The minimum absolute atomic E-state index is 0.0554. The van der Waals surface area contributed by atoms with Crippen LogP contribution in [0.25, 0.3) is 0 Å². The summed E-state index contributed by atoms with van der Waals surface area (Å²) in [7, 11) is 3.34. The molecule has 0 atom stereocenters. The van der Waals surface area contributed by atoms with Gasteiger partial charge in [0.25, 0.3) is 0 Å². The molecule has 2 rings (SSSR count). The van der Waals surface area contributed by atoms with E-state index in [1.807, 2.05) is 7.05 Å². The molecule has 110 valence electrons. The topological polar surface area (TPSA) is 57.5 Å². The predicted molar refractivity (Wildman–Crippen MR) is 78.2 cm³/mol. The van der Waals surface area contributed by atoms with Gasteiger partial charge in [0.2, 0.25) is 5.78 Å². The highest BCUT2D eigenvalue weighted by atomic mass is 16.5. The summed E-state index contributed by atoms with van der Waals surface area (Å²) in [6.07, 6.45) is 3.54. The lowest BCUT2D eigenvalue weighted by atomic mass is 10.1. The average Bonchev–Trinajstić information content (AvgIpc) is 2.91. The SMILES string of the molecule is COc1cc(C(C)=O)ccc1OCC(=O)c1ccn(C)c1. The smallest absolute Gasteiger partial charge is 0.201 e. The van der Waals surface area contributed by atoms with Crippen molar-refractivity contribution in [1.29, 1.82) is 0 Å². The predicted octanol–water partition coefficient (Wildman–Crippen LogP) is 2.50. The molecule has 5 heteroatoms. The monoisotopic (exact) mass is 287 g/mol. The maximum absolute atomic E-state index is 12.0. The molecular formula is C16H17NO4. The molecule has 0 aliphatic carbocycles. The summed E-state index contributed by atoms with van der Waals surface area (Å²) in [6, 6.07) is 6.62. The van der Waals surface area contributed by atoms with Crippen LogP contribution in [0.15, 0.2) is 36.7 Å². The van der Waals surface area contributed by atoms with Crippen molar-refractivity contribution >= 4 is 11.6 Å². The lowest BCUT2D eigenvalue weighted by molar-refractivity contribution is 0.0918. The molecule has 21 heavy (non-hydrogen) atoms. The number of ketones is 2. The summed E-state index contributed by atoms with van der Waals surface area (Å²) in [6.45, 7) is 1.40. The van der Waals surface area contributed by atoms with Gasteiger partial charge in [-0.15, -0.1) is 0 Å². The second-order valence-corrected chi connectivity index (χ2v) is 4.70. The molecule has 0 fully saturated rings. The van der Waals surface area contributed by atoms with Crippen molar-refractivity contribution in [2.45, 2.75) is 6.92 Å². The molecule has 0 aliphatic rings. The molecule has 1 aromatic carbocycles. The number of methoxy groups -OCH3 is 1. The summed E-state index contributed by atoms with van der Waals surface area (Å²) in [5, 5.41) is 0. The van der Waals surface area contributed by atoms with Crippen molar-refractivity contribution in [2.75, 3.05) is 13.7 Å². The normalized spacial score (nSPS) is 10.2. The number of hydrogen-bond acceptors (Lipinski definition) is 4. The molecule has 5 nitrogen and oxygen atoms in total. The third-order valence-electron chi connectivity index (χ3n) is 3.08. The third-order valence-corrected chi connectivity index (χ3v) is 3.08. The Hall–Kier alpha value is -2.56. The van der Waals surface area contributed by atoms with E-state index in [1.165, 1.54) is 14.0 Å². The maximum Gasteiger partial charge on any atom is 0.201 e. The van der Waals surface area contributed by atoms with Gasteiger partial charge in [-0.05, 0) is 31.2 Å². The van der Waals surface area contributed by atoms with Gasteiger partial charge >= 0.3 is 0 Å². The molecule has 0 aliphatic heterocycles. The number of aryl methyl sites for hydroxylation is 1. The van der Waals surface area contributed by atoms with Gasteiger partial charge in [-0.3, -0.25) is 9.59 Å². The zero-order valence-electron chi connectivity index (χ0n) is 12.3. The first-order valence-corrected chi connectivity index (χ1v) is 6.48. The van der Waals surface area contributed by atoms with E-state index in [0.29, 0.717) is 22.6 Å². The van der Waals surface area contributed by atoms with Gasteiger partial charge in [0, 0.05) is 30.6 Å². The third kappa shape index (κ3) is 3.51. The number of ether oxygens (including phenoxy) is 2. The van der Waals surface area contributed by atoms with Gasteiger partial charge in [0.15, 0.2) is 23.9 Å². The van der Waals surface area contributed by atoms with Crippen molar-refractivity contribution in [3.63, 3.8) is 0 Å². The van der Waals surface area contributed by atoms with Crippen LogP contribution in [0.5, 0.6) is 11.5 Å². The highest BCUT2D eigenvalue weighted by Crippen LogP contribution is 2.28. The molecule has 0 unspecified atom stereocenters. The number of aromatic nitrogens is 1. The van der Waals surface area contributed by atoms with Crippen molar-refractivity contribution in [3.8, 4) is 11.5 Å². The van der Waals surface area contributed by atoms with Crippen LogP contribution in [0, 0.1) is 0 Å². The molecular weight excluding hydrogens is 270 g/mol. The van der Waals surface area contributed by atoms with Crippen LogP contribution in [0.2, 0.25) is 0 Å². The maximum atomic E-state index is 12.0. The van der Waals surface area contributed by atoms with Gasteiger partial charge in [0.05, 0.1) is 7.11 Å². The van der Waals surface area contributed by atoms with Gasteiger partial charge in [0.1, 0.15) is 0 Å². The van der Waals surface area contributed by atoms with Gasteiger partial charge in [-0.1, -0.05) is 0 Å². The second-order valence-electron chi connectivity index (χ2n) is 4.70. The summed E-state index contributed by atoms with van der Waals surface area (Å²) in [5.74, 6) is 0.698. The van der Waals surface area contributed by atoms with Crippen LogP contribution < -0.4 is 9.47 Å². The number of Topliss-reactive ketones (excluding diaryl/α,β-unsaturated/α-hetero) is 2. The number of nitrogens with zero attached hydrogens (tertiary/aromatic N) is 1. The number of rotatable bonds is 6. The zero-order chi connectivity index (χ0) is 15.4. The first kappa shape index (κ1) is 14.8. The van der Waals surface area contributed by atoms with Crippen LogP contribution >= 0.6 is 0 Å². The lowest BCUT2D eigenvalue weighted by Crippen LogP contribution is -2.11. The van der Waals surface area contributed by atoms with Crippen molar-refractivity contribution < 1.29 is 19.1 Å². The average molecular weight is 287 g/mol. The molecule has 0 N–H and O–H groups in total. The highest BCUT2D eigenvalue weighted by molar-refractivity contribution is 5.97. The number of hydrogen-bond donors (Lipinski definition) is 0. The summed E-state index contributed by atoms with van der Waals surface area (Å²) < 4.78 is 12.5. The molecule has 0 amide bonds. The summed E-state index contributed by atoms with van der Waals surface area (Å²) in [5.41, 5.74) is 1.13. The largest absolute Gasteiger partial charge is 0.493 e. The molecule has 0 bridgehead atoms. The molecule has 1 aromatic heterocycles. The Morgan fingerprint density at radius 2 is 1.90 bits per heavy atom. The number of carbonyl (C=O) groups excluding carboxylic acids is 2. The van der Waals surface area contributed by atoms with Crippen LogP contribution in [0.1, 0.15) is 27.6 Å². The first-order chi connectivity index (χ1) is 10.0. The van der Waals surface area contributed by atoms with Crippen molar-refractivity contribution in [2.24, 2.45) is 7.05 Å². The van der Waals surface area contributed by atoms with E-state index in [1.54, 1.807) is 41.2 Å². The Balaban J connectivity index is 2.09. The van der Waals surface area contributed by atoms with Gasteiger partial charge in [-0.2, -0.15) is 0 Å². The Morgan fingerprint density at radius 3 is 2.48 bits per heavy atom. The number of benzene rings is 1. The Kier molecular flexibility index (Phi) is 4.42. The van der Waals surface area contributed by atoms with E-state index in [-0.39, 0.29) is 18.2 Å². The Labute approximate surface area is 123 Å². The Bertz CT molecular complexity index is 673. The summed E-state index contributed by atoms with van der Waals surface area (Å²) in [4.78, 5) is 23.3. The van der Waals surface area contributed by atoms with Crippen LogP contribution in [-0.4, -0.2) is 29.9 Å². The van der Waals surface area contributed by atoms with E-state index < -0.39 is 0 Å². The van der Waals surface area contributed by atoms with E-state index in [9.17, 15) is 9.59 Å². The van der Waals surface area contributed by atoms with Gasteiger partial charge in [-0.25, -0.2) is 0 Å². The number of carbonyl (C=O) groups is 2. The van der Waals surface area contributed by atoms with Crippen LogP contribution in [0.4, 0.5) is 0 Å². The first-order valence-electron chi connectivity index (χ1n) is 6.48. The quantitative estimate of drug-likeness (QED) is 0.766. The standard InChI is InChI=1S/C16H17NO4/c1-11(18)12-4-5-15(16(8-12)20-3)21-10-14(19)13-6-7-17(2)9-13/h4-9H,10H2,1-3H3. The van der Waals surface area contributed by atoms with E-state index in [2.05, 4.69) is 0 Å². The highest BCUT2D eigenvalue weighted by Gasteiger charge is 2.12. The molecule has 1 heterocycles. The van der Waals surface area contributed by atoms with E-state index in [4.69, 9.17) is 9.47 Å². The fourth-order valence-electron chi connectivity index (χ4n) is 1.90. The van der Waals surface area contributed by atoms with E-state index in [0.717, 1.165) is 0 Å². The van der Waals surface area contributed by atoms with Gasteiger partial charge < -0.3 is 14.0 Å². The summed E-state index contributed by atoms with van der Waals surface area (Å²) >= 11 is 0. The van der Waals surface area contributed by atoms with E-state index >= 15 is 0 Å². The van der Waals surface area contributed by atoms with Crippen LogP contribution in [0.3, 0.4) is 0 Å². The fourth-order valence-corrected chi connectivity index (χ4v) is 1.90. The van der Waals surface area contributed by atoms with Crippen LogP contribution in [-0.2, 0) is 7.05 Å². The minimum Gasteiger partial charge on any atom is -0.493 e. The minimum atomic E-state index is -0.117. The molecule has 0 radical (unpaired) electrons. The lowest BCUT2D eigenvalue weighted by Gasteiger charge is -2.10. The Morgan fingerprint density at radius 1 is 1.14 bits per heavy atom. The van der Waals surface area contributed by atoms with Crippen molar-refractivity contribution in [1.82, 2.24) is 4.57 Å².